The molecule has 8 heteroatoms. The van der Waals surface area contributed by atoms with Crippen LogP contribution in [-0.2, 0) is 14.3 Å². The highest BCUT2D eigenvalue weighted by Gasteiger charge is 2.50. The molecule has 0 N–H and O–H groups in total. The fourth-order valence-electron chi connectivity index (χ4n) is 3.53. The van der Waals surface area contributed by atoms with Gasteiger partial charge in [-0.1, -0.05) is 11.6 Å². The molecular formula is C21H24ClNO6. The van der Waals surface area contributed by atoms with Crippen molar-refractivity contribution in [2.45, 2.75) is 25.9 Å². The smallest absolute Gasteiger partial charge is 0.310 e. The highest BCUT2D eigenvalue weighted by atomic mass is 35.5. The molecule has 0 amide bonds. The number of rotatable bonds is 8. The quantitative estimate of drug-likeness (QED) is 0.367. The van der Waals surface area contributed by atoms with E-state index >= 15 is 0 Å². The Morgan fingerprint density at radius 1 is 1.24 bits per heavy atom. The maximum Gasteiger partial charge on any atom is 0.310 e. The number of Topliss-reactive ketones (excluding diaryl/α,β-unsaturated/α-hetero) is 1. The fraction of sp³-hybridized carbons (Fsp3) is 0.476. The molecule has 1 aromatic carbocycles. The molecule has 156 valence electrons. The van der Waals surface area contributed by atoms with Crippen LogP contribution in [0, 0.1) is 18.8 Å². The van der Waals surface area contributed by atoms with Gasteiger partial charge in [0.15, 0.2) is 17.5 Å². The van der Waals surface area contributed by atoms with E-state index in [1.165, 1.54) is 0 Å². The second-order valence-corrected chi connectivity index (χ2v) is 9.06. The van der Waals surface area contributed by atoms with Crippen molar-refractivity contribution in [3.8, 4) is 0 Å². The summed E-state index contributed by atoms with van der Waals surface area (Å²) in [6.45, 7) is 2.13. The van der Waals surface area contributed by atoms with Crippen LogP contribution in [0.3, 0.4) is 0 Å². The van der Waals surface area contributed by atoms with Gasteiger partial charge in [0, 0.05) is 29.3 Å². The Balaban J connectivity index is 1.68. The van der Waals surface area contributed by atoms with E-state index in [1.807, 2.05) is 21.1 Å². The molecule has 1 aromatic heterocycles. The van der Waals surface area contributed by atoms with Crippen molar-refractivity contribution in [3.05, 3.63) is 34.5 Å². The third-order valence-electron chi connectivity index (χ3n) is 4.84. The summed E-state index contributed by atoms with van der Waals surface area (Å²) in [4.78, 5) is 36.3. The maximum absolute atomic E-state index is 12.8. The lowest BCUT2D eigenvalue weighted by molar-refractivity contribution is -0.873. The van der Waals surface area contributed by atoms with Gasteiger partial charge in [-0.15, -0.1) is 0 Å². The van der Waals surface area contributed by atoms with E-state index in [4.69, 9.17) is 20.8 Å². The predicted molar refractivity (Wildman–Crippen MR) is 104 cm³/mol. The molecule has 0 radical (unpaired) electrons. The second kappa shape index (κ2) is 7.80. The van der Waals surface area contributed by atoms with Crippen LogP contribution in [0.5, 0.6) is 0 Å². The summed E-state index contributed by atoms with van der Waals surface area (Å²) in [6.07, 6.45) is -0.803. The van der Waals surface area contributed by atoms with Gasteiger partial charge in [-0.3, -0.25) is 9.59 Å². The average Bonchev–Trinajstić information content (AvgIpc) is 3.27. The molecule has 1 unspecified atom stereocenters. The molecule has 1 aliphatic carbocycles. The van der Waals surface area contributed by atoms with Crippen molar-refractivity contribution >= 4 is 40.3 Å². The number of fused-ring (bicyclic) bond motifs is 1. The van der Waals surface area contributed by atoms with Gasteiger partial charge in [-0.05, 0) is 31.5 Å². The van der Waals surface area contributed by atoms with E-state index in [0.29, 0.717) is 39.4 Å². The average molecular weight is 422 g/mol. The molecule has 0 bridgehead atoms. The lowest BCUT2D eigenvalue weighted by Gasteiger charge is -2.29. The van der Waals surface area contributed by atoms with E-state index in [1.54, 1.807) is 25.1 Å². The number of ketones is 1. The minimum atomic E-state index is -1.28. The number of halogens is 1. The van der Waals surface area contributed by atoms with Crippen LogP contribution in [0.1, 0.15) is 29.0 Å². The first-order chi connectivity index (χ1) is 13.4. The van der Waals surface area contributed by atoms with Crippen LogP contribution in [0.15, 0.2) is 22.6 Å². The van der Waals surface area contributed by atoms with Crippen molar-refractivity contribution in [2.24, 2.45) is 11.8 Å². The predicted octanol–water partition coefficient (Wildman–Crippen LogP) is 1.97. The Bertz CT molecular complexity index is 973. The number of likely N-dealkylation sites (N-methyl/N-ethyl adjacent to an activating group) is 1. The van der Waals surface area contributed by atoms with E-state index in [2.05, 4.69) is 0 Å². The Morgan fingerprint density at radius 3 is 2.55 bits per heavy atom. The molecule has 7 nitrogen and oxygen atoms in total. The van der Waals surface area contributed by atoms with E-state index in [9.17, 15) is 19.5 Å². The maximum atomic E-state index is 12.8. The van der Waals surface area contributed by atoms with Gasteiger partial charge in [0.2, 0.25) is 0 Å². The molecule has 1 heterocycles. The van der Waals surface area contributed by atoms with Crippen LogP contribution >= 0.6 is 11.6 Å². The zero-order valence-electron chi connectivity index (χ0n) is 16.9. The topological polar surface area (TPSA) is 96.6 Å². The zero-order valence-corrected chi connectivity index (χ0v) is 17.6. The summed E-state index contributed by atoms with van der Waals surface area (Å²) in [6, 6.07) is 5.05. The molecule has 0 saturated heterocycles. The van der Waals surface area contributed by atoms with Crippen molar-refractivity contribution in [2.75, 3.05) is 27.7 Å². The summed E-state index contributed by atoms with van der Waals surface area (Å²) in [5, 5.41) is 12.1. The number of furan rings is 1. The van der Waals surface area contributed by atoms with Crippen molar-refractivity contribution in [1.29, 1.82) is 0 Å². The van der Waals surface area contributed by atoms with Crippen molar-refractivity contribution < 1.29 is 33.1 Å². The normalized spacial score (nSPS) is 19.8. The van der Waals surface area contributed by atoms with E-state index < -0.39 is 29.9 Å². The number of nitrogens with zero attached hydrogens (tertiary/aromatic N) is 1. The summed E-state index contributed by atoms with van der Waals surface area (Å²) < 4.78 is 11.3. The minimum absolute atomic E-state index is 0.183. The number of carboxylic acid groups (broad SMARTS) is 1. The number of hydrogen-bond donors (Lipinski definition) is 0. The number of carboxylic acids is 1. The Kier molecular flexibility index (Phi) is 5.74. The Hall–Kier alpha value is -2.38. The van der Waals surface area contributed by atoms with E-state index in [0.717, 1.165) is 5.39 Å². The molecule has 29 heavy (non-hydrogen) atoms. The van der Waals surface area contributed by atoms with Gasteiger partial charge in [0.05, 0.1) is 32.1 Å². The molecular weight excluding hydrogens is 398 g/mol. The number of hydrogen-bond acceptors (Lipinski definition) is 6. The number of aliphatic carboxylic acids is 1. The third kappa shape index (κ3) is 5.16. The lowest BCUT2D eigenvalue weighted by atomic mass is 10.0. The number of esters is 1. The first-order valence-corrected chi connectivity index (χ1v) is 9.77. The number of benzene rings is 1. The number of aryl methyl sites for hydroxylation is 1. The van der Waals surface area contributed by atoms with Crippen LogP contribution in [-0.4, -0.2) is 56.0 Å². The number of quaternary nitrogens is 1. The molecule has 1 aliphatic rings. The molecule has 1 fully saturated rings. The summed E-state index contributed by atoms with van der Waals surface area (Å²) in [7, 11) is 5.62. The first kappa shape index (κ1) is 21.3. The van der Waals surface area contributed by atoms with Crippen molar-refractivity contribution in [3.63, 3.8) is 0 Å². The lowest BCUT2D eigenvalue weighted by Crippen LogP contribution is -2.45. The highest BCUT2D eigenvalue weighted by Crippen LogP contribution is 2.43. The van der Waals surface area contributed by atoms with Gasteiger partial charge in [-0.25, -0.2) is 0 Å². The highest BCUT2D eigenvalue weighted by molar-refractivity contribution is 6.35. The van der Waals surface area contributed by atoms with Crippen molar-refractivity contribution in [1.82, 2.24) is 0 Å². The molecule has 2 aromatic rings. The SMILES string of the molecule is Cc1cc2cc(C(=O)[C@H]3C[C@@H]3C(=O)OC(CC(=O)[O-])C[N+](C)(C)C)cc(Cl)c2o1. The number of ether oxygens (including phenoxy) is 1. The number of carbonyl (C=O) groups excluding carboxylic acids is 3. The van der Waals surface area contributed by atoms with Crippen LogP contribution in [0.2, 0.25) is 5.02 Å². The van der Waals surface area contributed by atoms with Crippen LogP contribution in [0.4, 0.5) is 0 Å². The molecule has 3 rings (SSSR count). The largest absolute Gasteiger partial charge is 0.550 e. The monoisotopic (exact) mass is 421 g/mol. The van der Waals surface area contributed by atoms with E-state index in [-0.39, 0.29) is 12.2 Å². The van der Waals surface area contributed by atoms with Gasteiger partial charge in [-0.2, -0.15) is 0 Å². The Labute approximate surface area is 173 Å². The molecule has 1 saturated carbocycles. The summed E-state index contributed by atoms with van der Waals surface area (Å²) in [5.74, 6) is -2.38. The molecule has 3 atom stereocenters. The second-order valence-electron chi connectivity index (χ2n) is 8.65. The van der Waals surface area contributed by atoms with Crippen LogP contribution < -0.4 is 5.11 Å². The first-order valence-electron chi connectivity index (χ1n) is 9.39. The fourth-order valence-corrected chi connectivity index (χ4v) is 3.80. The minimum Gasteiger partial charge on any atom is -0.550 e. The summed E-state index contributed by atoms with van der Waals surface area (Å²) in [5.41, 5.74) is 0.944. The van der Waals surface area contributed by atoms with Crippen LogP contribution in [0.25, 0.3) is 11.0 Å². The van der Waals surface area contributed by atoms with Gasteiger partial charge in [0.1, 0.15) is 12.3 Å². The number of carbonyl (C=O) groups is 3. The standard InChI is InChI=1S/C21H24ClNO6/c1-11-5-13-6-12(7-17(22)20(13)28-11)19(26)15-9-16(15)21(27)29-14(8-18(24)25)10-23(2,3)4/h5-7,14-16H,8-10H2,1-4H3/t14?,15-,16-/m0/s1. The molecule has 0 aliphatic heterocycles. The van der Waals surface area contributed by atoms with Gasteiger partial charge < -0.3 is 23.5 Å². The Morgan fingerprint density at radius 2 is 1.93 bits per heavy atom. The van der Waals surface area contributed by atoms with Gasteiger partial charge in [0.25, 0.3) is 0 Å². The molecule has 0 spiro atoms. The third-order valence-corrected chi connectivity index (χ3v) is 5.12. The summed E-state index contributed by atoms with van der Waals surface area (Å²) >= 11 is 6.22. The zero-order chi connectivity index (χ0) is 21.5. The van der Waals surface area contributed by atoms with Gasteiger partial charge >= 0.3 is 5.97 Å².